The summed E-state index contributed by atoms with van der Waals surface area (Å²) in [7, 11) is 0. The maximum atomic E-state index is 11.2. The van der Waals surface area contributed by atoms with Crippen molar-refractivity contribution in [2.75, 3.05) is 0 Å². The molecule has 0 N–H and O–H groups in total. The summed E-state index contributed by atoms with van der Waals surface area (Å²) in [5.41, 5.74) is 0.982. The third kappa shape index (κ3) is 2.98. The molecule has 0 saturated heterocycles. The van der Waals surface area contributed by atoms with E-state index in [9.17, 15) is 14.7 Å². The van der Waals surface area contributed by atoms with E-state index in [4.69, 9.17) is 9.15 Å². The fraction of sp³-hybridized carbons (Fsp3) is 0.0588. The van der Waals surface area contributed by atoms with E-state index in [1.54, 1.807) is 36.4 Å². The Morgan fingerprint density at radius 2 is 1.77 bits per heavy atom. The van der Waals surface area contributed by atoms with Gasteiger partial charge in [0.05, 0.1) is 5.97 Å². The second-order valence-corrected chi connectivity index (χ2v) is 4.73. The molecular weight excluding hydrogens is 284 g/mol. The Labute approximate surface area is 125 Å². The zero-order valence-electron chi connectivity index (χ0n) is 11.4. The summed E-state index contributed by atoms with van der Waals surface area (Å²) in [6.07, 6.45) is 0. The topological polar surface area (TPSA) is 79.6 Å². The van der Waals surface area contributed by atoms with E-state index in [1.807, 2.05) is 0 Å². The molecule has 0 fully saturated rings. The van der Waals surface area contributed by atoms with E-state index in [1.165, 1.54) is 18.2 Å². The Morgan fingerprint density at radius 1 is 1.05 bits per heavy atom. The van der Waals surface area contributed by atoms with Crippen LogP contribution in [0.4, 0.5) is 0 Å². The summed E-state index contributed by atoms with van der Waals surface area (Å²) in [6.45, 7) is 0.274. The van der Waals surface area contributed by atoms with Crippen molar-refractivity contribution in [3.05, 3.63) is 76.1 Å². The van der Waals surface area contributed by atoms with Gasteiger partial charge in [-0.3, -0.25) is 0 Å². The van der Waals surface area contributed by atoms with Gasteiger partial charge in [0.15, 0.2) is 0 Å². The molecule has 0 aliphatic carbocycles. The zero-order valence-corrected chi connectivity index (χ0v) is 11.4. The van der Waals surface area contributed by atoms with Gasteiger partial charge in [0.2, 0.25) is 0 Å². The molecule has 2 aromatic carbocycles. The second-order valence-electron chi connectivity index (χ2n) is 4.73. The molecule has 5 heteroatoms. The van der Waals surface area contributed by atoms with Crippen LogP contribution in [0.15, 0.2) is 63.8 Å². The molecule has 0 radical (unpaired) electrons. The number of carbonyl (C=O) groups excluding carboxylic acids is 1. The van der Waals surface area contributed by atoms with E-state index >= 15 is 0 Å². The molecule has 3 aromatic rings. The number of carbonyl (C=O) groups is 1. The SMILES string of the molecule is O=C([O-])c1ccc(COc2ccc3ccc(=O)oc3c2)cc1. The summed E-state index contributed by atoms with van der Waals surface area (Å²) in [4.78, 5) is 21.9. The maximum Gasteiger partial charge on any atom is 0.336 e. The van der Waals surface area contributed by atoms with Crippen LogP contribution in [0, 0.1) is 0 Å². The quantitative estimate of drug-likeness (QED) is 0.685. The van der Waals surface area contributed by atoms with Crippen molar-refractivity contribution in [2.45, 2.75) is 6.61 Å². The molecule has 1 aromatic heterocycles. The molecular formula is C17H11O5-. The van der Waals surface area contributed by atoms with Gasteiger partial charge < -0.3 is 19.1 Å². The minimum atomic E-state index is -1.21. The lowest BCUT2D eigenvalue weighted by atomic mass is 10.1. The first-order valence-corrected chi connectivity index (χ1v) is 6.59. The molecule has 3 rings (SSSR count). The highest BCUT2D eigenvalue weighted by atomic mass is 16.5. The Balaban J connectivity index is 1.75. The van der Waals surface area contributed by atoms with Crippen molar-refractivity contribution in [1.29, 1.82) is 0 Å². The first-order valence-electron chi connectivity index (χ1n) is 6.59. The lowest BCUT2D eigenvalue weighted by Crippen LogP contribution is -2.22. The minimum Gasteiger partial charge on any atom is -0.545 e. The first-order chi connectivity index (χ1) is 10.6. The number of hydrogen-bond donors (Lipinski definition) is 0. The fourth-order valence-corrected chi connectivity index (χ4v) is 2.03. The van der Waals surface area contributed by atoms with Crippen LogP contribution >= 0.6 is 0 Å². The molecule has 0 saturated carbocycles. The average Bonchev–Trinajstić information content (AvgIpc) is 2.53. The van der Waals surface area contributed by atoms with Gasteiger partial charge in [0.25, 0.3) is 0 Å². The molecule has 0 unspecified atom stereocenters. The Hall–Kier alpha value is -3.08. The van der Waals surface area contributed by atoms with Crippen molar-refractivity contribution >= 4 is 16.9 Å². The number of hydrogen-bond acceptors (Lipinski definition) is 5. The van der Waals surface area contributed by atoms with E-state index in [0.717, 1.165) is 10.9 Å². The van der Waals surface area contributed by atoms with Gasteiger partial charge in [-0.25, -0.2) is 4.79 Å². The van der Waals surface area contributed by atoms with Gasteiger partial charge in [-0.15, -0.1) is 0 Å². The highest BCUT2D eigenvalue weighted by molar-refractivity contribution is 5.85. The number of benzene rings is 2. The number of fused-ring (bicyclic) bond motifs is 1. The smallest absolute Gasteiger partial charge is 0.336 e. The molecule has 0 atom stereocenters. The van der Waals surface area contributed by atoms with Crippen LogP contribution < -0.4 is 15.5 Å². The standard InChI is InChI=1S/C17H12O5/c18-16-8-6-12-5-7-14(9-15(12)22-16)21-10-11-1-3-13(4-2-11)17(19)20/h1-9H,10H2,(H,19,20)/p-1. The number of rotatable bonds is 4. The normalized spacial score (nSPS) is 10.5. The highest BCUT2D eigenvalue weighted by Crippen LogP contribution is 2.20. The third-order valence-electron chi connectivity index (χ3n) is 3.19. The van der Waals surface area contributed by atoms with E-state index in [0.29, 0.717) is 11.3 Å². The lowest BCUT2D eigenvalue weighted by molar-refractivity contribution is -0.255. The van der Waals surface area contributed by atoms with Gasteiger partial charge >= 0.3 is 5.63 Å². The van der Waals surface area contributed by atoms with Crippen LogP contribution in [-0.2, 0) is 6.61 Å². The summed E-state index contributed by atoms with van der Waals surface area (Å²) in [5, 5.41) is 11.5. The molecule has 0 bridgehead atoms. The molecule has 0 aliphatic rings. The van der Waals surface area contributed by atoms with Crippen LogP contribution in [0.2, 0.25) is 0 Å². The van der Waals surface area contributed by atoms with Crippen LogP contribution in [0.25, 0.3) is 11.0 Å². The Kier molecular flexibility index (Phi) is 3.62. The fourth-order valence-electron chi connectivity index (χ4n) is 2.03. The molecule has 110 valence electrons. The van der Waals surface area contributed by atoms with Gasteiger partial charge in [0.1, 0.15) is 17.9 Å². The van der Waals surface area contributed by atoms with Crippen molar-refractivity contribution in [3.8, 4) is 5.75 Å². The Morgan fingerprint density at radius 3 is 2.50 bits per heavy atom. The van der Waals surface area contributed by atoms with Crippen LogP contribution in [0.1, 0.15) is 15.9 Å². The van der Waals surface area contributed by atoms with Crippen molar-refractivity contribution in [2.24, 2.45) is 0 Å². The predicted octanol–water partition coefficient (Wildman–Crippen LogP) is 1.74. The van der Waals surface area contributed by atoms with Crippen molar-refractivity contribution < 1.29 is 19.1 Å². The molecule has 22 heavy (non-hydrogen) atoms. The van der Waals surface area contributed by atoms with Gasteiger partial charge in [-0.2, -0.15) is 0 Å². The van der Waals surface area contributed by atoms with Gasteiger partial charge in [-0.1, -0.05) is 24.3 Å². The maximum absolute atomic E-state index is 11.2. The van der Waals surface area contributed by atoms with E-state index < -0.39 is 11.6 Å². The summed E-state index contributed by atoms with van der Waals surface area (Å²) >= 11 is 0. The monoisotopic (exact) mass is 295 g/mol. The molecule has 5 nitrogen and oxygen atoms in total. The van der Waals surface area contributed by atoms with Gasteiger partial charge in [-0.05, 0) is 29.3 Å². The lowest BCUT2D eigenvalue weighted by Gasteiger charge is -2.08. The molecule has 0 amide bonds. The number of ether oxygens (including phenoxy) is 1. The minimum absolute atomic E-state index is 0.122. The largest absolute Gasteiger partial charge is 0.545 e. The second kappa shape index (κ2) is 5.73. The van der Waals surface area contributed by atoms with Crippen molar-refractivity contribution in [3.63, 3.8) is 0 Å². The molecule has 0 aliphatic heterocycles. The van der Waals surface area contributed by atoms with Gasteiger partial charge in [0, 0.05) is 17.5 Å². The highest BCUT2D eigenvalue weighted by Gasteiger charge is 2.02. The first kappa shape index (κ1) is 13.9. The third-order valence-corrected chi connectivity index (χ3v) is 3.19. The molecule has 1 heterocycles. The summed E-state index contributed by atoms with van der Waals surface area (Å²) in [5.74, 6) is -0.650. The van der Waals surface area contributed by atoms with Crippen LogP contribution in [0.5, 0.6) is 5.75 Å². The van der Waals surface area contributed by atoms with Crippen LogP contribution in [0.3, 0.4) is 0 Å². The average molecular weight is 295 g/mol. The van der Waals surface area contributed by atoms with E-state index in [-0.39, 0.29) is 12.2 Å². The predicted molar refractivity (Wildman–Crippen MR) is 77.6 cm³/mol. The van der Waals surface area contributed by atoms with Crippen LogP contribution in [-0.4, -0.2) is 5.97 Å². The molecule has 0 spiro atoms. The van der Waals surface area contributed by atoms with E-state index in [2.05, 4.69) is 0 Å². The zero-order chi connectivity index (χ0) is 15.5. The summed E-state index contributed by atoms with van der Waals surface area (Å²) < 4.78 is 10.7. The summed E-state index contributed by atoms with van der Waals surface area (Å²) in [6, 6.07) is 14.5. The Bertz CT molecular complexity index is 877. The number of carboxylic acid groups (broad SMARTS) is 1. The number of carboxylic acids is 1. The van der Waals surface area contributed by atoms with Crippen molar-refractivity contribution in [1.82, 2.24) is 0 Å². The number of aromatic carboxylic acids is 1.